The highest BCUT2D eigenvalue weighted by molar-refractivity contribution is 6.31. The van der Waals surface area contributed by atoms with Crippen molar-refractivity contribution in [1.29, 1.82) is 5.26 Å². The van der Waals surface area contributed by atoms with Crippen molar-refractivity contribution in [3.8, 4) is 11.8 Å². The van der Waals surface area contributed by atoms with Gasteiger partial charge in [0.25, 0.3) is 17.7 Å². The number of pyridine rings is 1. The standard InChI is InChI=1S/C43H45ClN8O6/c44-36-22-32(6-1-27(36)23-45)58-33-19-30-3-4-31(20-33)51(30)41(55)28-2-9-38(46-24-28)50-17-15-48(16-18-50)25-26-11-13-49(14-12-26)29-5-7-34-35(21-29)43(57)52(42(34)56)37-8-10-39(53)47-40(37)54/h1-2,5-7,9,21-22,24,26,30-31,33,37H,3-4,8,10-20,25H2,(H,47,53,54). The highest BCUT2D eigenvalue weighted by Crippen LogP contribution is 2.39. The molecule has 6 aliphatic rings. The summed E-state index contributed by atoms with van der Waals surface area (Å²) in [6.07, 6.45) is 7.38. The number of fused-ring (bicyclic) bond motifs is 3. The largest absolute Gasteiger partial charge is 0.490 e. The number of anilines is 2. The molecule has 3 unspecified atom stereocenters. The zero-order valence-electron chi connectivity index (χ0n) is 32.1. The number of piperidine rings is 3. The first-order valence-electron chi connectivity index (χ1n) is 20.4. The van der Waals surface area contributed by atoms with Crippen molar-refractivity contribution in [2.75, 3.05) is 55.6 Å². The van der Waals surface area contributed by atoms with Gasteiger partial charge in [0.2, 0.25) is 11.8 Å². The molecule has 0 radical (unpaired) electrons. The van der Waals surface area contributed by atoms with Crippen molar-refractivity contribution in [2.45, 2.75) is 75.6 Å². The van der Waals surface area contributed by atoms with Crippen molar-refractivity contribution in [2.24, 2.45) is 5.92 Å². The fraction of sp³-hybridized carbons (Fsp3) is 0.465. The zero-order chi connectivity index (χ0) is 40.1. The molecule has 5 fully saturated rings. The van der Waals surface area contributed by atoms with Crippen LogP contribution in [0.25, 0.3) is 0 Å². The van der Waals surface area contributed by atoms with E-state index in [1.807, 2.05) is 23.1 Å². The van der Waals surface area contributed by atoms with E-state index in [-0.39, 0.29) is 36.9 Å². The Bertz CT molecular complexity index is 2180. The second-order valence-corrected chi connectivity index (χ2v) is 16.8. The average molecular weight is 805 g/mol. The van der Waals surface area contributed by atoms with Crippen LogP contribution in [0.2, 0.25) is 5.02 Å². The number of imide groups is 2. The molecule has 5 amide bonds. The van der Waals surface area contributed by atoms with Crippen molar-refractivity contribution in [3.63, 3.8) is 0 Å². The molecular formula is C43H45ClN8O6. The Morgan fingerprint density at radius 2 is 1.59 bits per heavy atom. The van der Waals surface area contributed by atoms with Crippen LogP contribution in [0, 0.1) is 17.2 Å². The number of amides is 5. The number of carbonyl (C=O) groups is 5. The minimum absolute atomic E-state index is 0.0157. The summed E-state index contributed by atoms with van der Waals surface area (Å²) in [4.78, 5) is 79.1. The van der Waals surface area contributed by atoms with Gasteiger partial charge in [0.1, 0.15) is 29.8 Å². The smallest absolute Gasteiger partial charge is 0.262 e. The Morgan fingerprint density at radius 1 is 0.845 bits per heavy atom. The predicted octanol–water partition coefficient (Wildman–Crippen LogP) is 4.26. The summed E-state index contributed by atoms with van der Waals surface area (Å²) >= 11 is 6.22. The van der Waals surface area contributed by atoms with E-state index in [0.29, 0.717) is 38.9 Å². The van der Waals surface area contributed by atoms with Gasteiger partial charge in [-0.2, -0.15) is 5.26 Å². The second kappa shape index (κ2) is 15.7. The van der Waals surface area contributed by atoms with Crippen LogP contribution in [0.1, 0.15) is 88.0 Å². The minimum Gasteiger partial charge on any atom is -0.490 e. The number of rotatable bonds is 8. The summed E-state index contributed by atoms with van der Waals surface area (Å²) in [5.74, 6) is 0.137. The van der Waals surface area contributed by atoms with E-state index in [1.165, 1.54) is 0 Å². The van der Waals surface area contributed by atoms with E-state index < -0.39 is 29.7 Å². The number of benzene rings is 2. The number of halogens is 1. The Kier molecular flexibility index (Phi) is 10.3. The topological polar surface area (TPSA) is 159 Å². The maximum absolute atomic E-state index is 13.7. The molecule has 0 aliphatic carbocycles. The maximum atomic E-state index is 13.7. The number of piperazine rings is 1. The Labute approximate surface area is 341 Å². The molecule has 300 valence electrons. The molecule has 5 saturated heterocycles. The number of hydrogen-bond donors (Lipinski definition) is 1. The lowest BCUT2D eigenvalue weighted by atomic mass is 9.95. The molecule has 0 spiro atoms. The van der Waals surface area contributed by atoms with Crippen molar-refractivity contribution >= 4 is 52.6 Å². The molecule has 2 aromatic carbocycles. The number of nitrogens with zero attached hydrogens (tertiary/aromatic N) is 7. The number of ether oxygens (including phenoxy) is 1. The summed E-state index contributed by atoms with van der Waals surface area (Å²) in [6.45, 7) is 6.30. The molecule has 1 N–H and O–H groups in total. The van der Waals surface area contributed by atoms with Crippen LogP contribution in [0.15, 0.2) is 54.7 Å². The van der Waals surface area contributed by atoms with Gasteiger partial charge in [0.15, 0.2) is 0 Å². The Morgan fingerprint density at radius 3 is 2.26 bits per heavy atom. The Hall–Kier alpha value is -5.52. The third kappa shape index (κ3) is 7.26. The van der Waals surface area contributed by atoms with Crippen LogP contribution in [0.5, 0.6) is 5.75 Å². The first kappa shape index (κ1) is 38.0. The monoisotopic (exact) mass is 804 g/mol. The lowest BCUT2D eigenvalue weighted by molar-refractivity contribution is -0.136. The van der Waals surface area contributed by atoms with E-state index in [9.17, 15) is 29.2 Å². The van der Waals surface area contributed by atoms with Crippen LogP contribution in [0.3, 0.4) is 0 Å². The molecule has 9 rings (SSSR count). The normalized spacial score (nSPS) is 25.2. The third-order valence-electron chi connectivity index (χ3n) is 12.9. The summed E-state index contributed by atoms with van der Waals surface area (Å²) in [7, 11) is 0. The summed E-state index contributed by atoms with van der Waals surface area (Å²) in [6, 6.07) is 15.7. The van der Waals surface area contributed by atoms with Gasteiger partial charge in [-0.05, 0) is 80.5 Å². The number of hydrogen-bond acceptors (Lipinski definition) is 11. The average Bonchev–Trinajstić information content (AvgIpc) is 3.65. The molecule has 7 heterocycles. The molecule has 0 saturated carbocycles. The van der Waals surface area contributed by atoms with E-state index in [0.717, 1.165) is 101 Å². The first-order chi connectivity index (χ1) is 28.1. The quantitative estimate of drug-likeness (QED) is 0.325. The van der Waals surface area contributed by atoms with E-state index in [2.05, 4.69) is 26.1 Å². The van der Waals surface area contributed by atoms with Gasteiger partial charge in [-0.15, -0.1) is 0 Å². The number of aromatic nitrogens is 1. The first-order valence-corrected chi connectivity index (χ1v) is 20.7. The minimum atomic E-state index is -0.972. The van der Waals surface area contributed by atoms with Crippen molar-refractivity contribution in [3.05, 3.63) is 82.0 Å². The number of carbonyl (C=O) groups excluding carboxylic acids is 5. The SMILES string of the molecule is N#Cc1ccc(OC2CC3CCC(C2)N3C(=O)c2ccc(N3CCN(CC4CCN(c5ccc6c(c5)C(=O)N(C5CCC(=O)NC5=O)C6=O)CC4)CC3)nc2)cc1Cl. The van der Waals surface area contributed by atoms with Gasteiger partial charge in [0, 0.05) is 95.1 Å². The fourth-order valence-electron chi connectivity index (χ4n) is 9.81. The van der Waals surface area contributed by atoms with Crippen LogP contribution >= 0.6 is 11.6 Å². The van der Waals surface area contributed by atoms with Crippen LogP contribution < -0.4 is 19.9 Å². The van der Waals surface area contributed by atoms with Gasteiger partial charge in [-0.3, -0.25) is 39.1 Å². The van der Waals surface area contributed by atoms with Crippen LogP contribution in [-0.4, -0.2) is 119 Å². The van der Waals surface area contributed by atoms with Gasteiger partial charge in [0.05, 0.1) is 27.3 Å². The number of nitriles is 1. The van der Waals surface area contributed by atoms with Gasteiger partial charge in [-0.25, -0.2) is 4.98 Å². The highest BCUT2D eigenvalue weighted by atomic mass is 35.5. The van der Waals surface area contributed by atoms with Crippen molar-refractivity contribution < 1.29 is 28.7 Å². The summed E-state index contributed by atoms with van der Waals surface area (Å²) in [5.41, 5.74) is 2.53. The maximum Gasteiger partial charge on any atom is 0.262 e. The lowest BCUT2D eigenvalue weighted by Crippen LogP contribution is -2.54. The second-order valence-electron chi connectivity index (χ2n) is 16.4. The predicted molar refractivity (Wildman–Crippen MR) is 214 cm³/mol. The van der Waals surface area contributed by atoms with Crippen LogP contribution in [-0.2, 0) is 9.59 Å². The molecule has 1 aromatic heterocycles. The number of nitrogens with one attached hydrogen (secondary N) is 1. The highest BCUT2D eigenvalue weighted by Gasteiger charge is 2.46. The van der Waals surface area contributed by atoms with Gasteiger partial charge >= 0.3 is 0 Å². The van der Waals surface area contributed by atoms with Gasteiger partial charge in [-0.1, -0.05) is 11.6 Å². The molecule has 15 heteroatoms. The van der Waals surface area contributed by atoms with E-state index in [4.69, 9.17) is 21.3 Å². The van der Waals surface area contributed by atoms with Crippen molar-refractivity contribution in [1.82, 2.24) is 25.0 Å². The van der Waals surface area contributed by atoms with E-state index >= 15 is 0 Å². The van der Waals surface area contributed by atoms with E-state index in [1.54, 1.807) is 36.5 Å². The van der Waals surface area contributed by atoms with Gasteiger partial charge < -0.3 is 19.4 Å². The molecule has 6 aliphatic heterocycles. The molecule has 3 atom stereocenters. The molecule has 58 heavy (non-hydrogen) atoms. The summed E-state index contributed by atoms with van der Waals surface area (Å²) < 4.78 is 6.25. The molecule has 2 bridgehead atoms. The fourth-order valence-corrected chi connectivity index (χ4v) is 10.0. The Balaban J connectivity index is 0.730. The van der Waals surface area contributed by atoms with Crippen LogP contribution in [0.4, 0.5) is 11.5 Å². The molecule has 14 nitrogen and oxygen atoms in total. The zero-order valence-corrected chi connectivity index (χ0v) is 32.9. The third-order valence-corrected chi connectivity index (χ3v) is 13.2. The molecular weight excluding hydrogens is 760 g/mol. The molecule has 3 aromatic rings. The lowest BCUT2D eigenvalue weighted by Gasteiger charge is -2.40. The summed E-state index contributed by atoms with van der Waals surface area (Å²) in [5, 5.41) is 11.8.